The number of carbonyl (C=O) groups excluding carboxylic acids is 1. The van der Waals surface area contributed by atoms with Gasteiger partial charge in [0, 0.05) is 7.77 Å². The lowest BCUT2D eigenvalue weighted by Gasteiger charge is -2.26. The normalized spacial score (nSPS) is 17.9. The number of rotatable bonds is 3. The second-order valence-electron chi connectivity index (χ2n) is 4.07. The highest BCUT2D eigenvalue weighted by molar-refractivity contribution is 5.69. The van der Waals surface area contributed by atoms with Crippen LogP contribution in [0.2, 0.25) is 0 Å². The molecule has 0 radical (unpaired) electrons. The quantitative estimate of drug-likeness (QED) is 0.613. The molecule has 0 saturated heterocycles. The molecule has 2 atom stereocenters. The first-order chi connectivity index (χ1) is 5.80. The summed E-state index contributed by atoms with van der Waals surface area (Å²) in [7, 11) is 0. The summed E-state index contributed by atoms with van der Waals surface area (Å²) in [6.07, 6.45) is -0.764. The zero-order valence-corrected chi connectivity index (χ0v) is 8.68. The third-order valence-electron chi connectivity index (χ3n) is 2.04. The maximum absolute atomic E-state index is 11.2. The van der Waals surface area contributed by atoms with Crippen LogP contribution in [0.25, 0.3) is 0 Å². The van der Waals surface area contributed by atoms with E-state index in [0.717, 1.165) is 0 Å². The standard InChI is InChI=1S/C10H20O2/c1-6-12-9(11)7-8(2)10(3,4)5/h8H,6-7H2,1-5H3/t8-/m0/s1/i7D/t7-,8+/m1. The first-order valence-corrected chi connectivity index (χ1v) is 4.39. The molecule has 0 aromatic carbocycles. The van der Waals surface area contributed by atoms with Gasteiger partial charge in [0.15, 0.2) is 0 Å². The minimum Gasteiger partial charge on any atom is -0.466 e. The predicted octanol–water partition coefficient (Wildman–Crippen LogP) is 2.62. The summed E-state index contributed by atoms with van der Waals surface area (Å²) < 4.78 is 12.5. The van der Waals surface area contributed by atoms with E-state index in [1.807, 2.05) is 27.7 Å². The monoisotopic (exact) mass is 173 g/mol. The molecule has 0 aliphatic carbocycles. The van der Waals surface area contributed by atoms with E-state index in [0.29, 0.717) is 6.61 Å². The van der Waals surface area contributed by atoms with Gasteiger partial charge in [0.25, 0.3) is 0 Å². The number of hydrogen-bond acceptors (Lipinski definition) is 2. The highest BCUT2D eigenvalue weighted by Gasteiger charge is 2.22. The smallest absolute Gasteiger partial charge is 0.306 e. The van der Waals surface area contributed by atoms with E-state index >= 15 is 0 Å². The number of esters is 1. The maximum atomic E-state index is 11.2. The van der Waals surface area contributed by atoms with Crippen LogP contribution >= 0.6 is 0 Å². The molecule has 2 heteroatoms. The van der Waals surface area contributed by atoms with E-state index in [9.17, 15) is 4.79 Å². The molecular formula is C10H20O2. The Labute approximate surface area is 76.7 Å². The Hall–Kier alpha value is -0.530. The zero-order chi connectivity index (χ0) is 10.6. The van der Waals surface area contributed by atoms with Crippen LogP contribution in [0.3, 0.4) is 0 Å². The van der Waals surface area contributed by atoms with Crippen LogP contribution < -0.4 is 0 Å². The van der Waals surface area contributed by atoms with E-state index < -0.39 is 12.4 Å². The van der Waals surface area contributed by atoms with Gasteiger partial charge in [0.2, 0.25) is 0 Å². The average molecular weight is 173 g/mol. The third kappa shape index (κ3) is 4.37. The summed E-state index contributed by atoms with van der Waals surface area (Å²) in [5, 5.41) is 0. The molecule has 0 spiro atoms. The Morgan fingerprint density at radius 3 is 2.42 bits per heavy atom. The zero-order valence-electron chi connectivity index (χ0n) is 9.68. The predicted molar refractivity (Wildman–Crippen MR) is 49.9 cm³/mol. The van der Waals surface area contributed by atoms with Gasteiger partial charge in [-0.2, -0.15) is 0 Å². The van der Waals surface area contributed by atoms with Gasteiger partial charge in [-0.15, -0.1) is 0 Å². The third-order valence-corrected chi connectivity index (χ3v) is 2.04. The highest BCUT2D eigenvalue weighted by Crippen LogP contribution is 2.28. The van der Waals surface area contributed by atoms with E-state index in [-0.39, 0.29) is 11.3 Å². The first kappa shape index (κ1) is 9.56. The minimum absolute atomic E-state index is 0.00606. The lowest BCUT2D eigenvalue weighted by atomic mass is 9.80. The van der Waals surface area contributed by atoms with Crippen LogP contribution in [-0.2, 0) is 9.53 Å². The Morgan fingerprint density at radius 2 is 2.08 bits per heavy atom. The molecule has 72 valence electrons. The van der Waals surface area contributed by atoms with Crippen molar-refractivity contribution < 1.29 is 10.9 Å². The fraction of sp³-hybridized carbons (Fsp3) is 0.900. The van der Waals surface area contributed by atoms with Gasteiger partial charge in [0.1, 0.15) is 0 Å². The number of carbonyl (C=O) groups is 1. The fourth-order valence-corrected chi connectivity index (χ4v) is 0.644. The van der Waals surface area contributed by atoms with Crippen molar-refractivity contribution in [3.63, 3.8) is 0 Å². The molecule has 0 heterocycles. The van der Waals surface area contributed by atoms with Gasteiger partial charge < -0.3 is 4.74 Å². The molecule has 0 N–H and O–H groups in total. The molecule has 0 bridgehead atoms. The fourth-order valence-electron chi connectivity index (χ4n) is 0.644. The van der Waals surface area contributed by atoms with Crippen LogP contribution in [0.1, 0.15) is 42.4 Å². The van der Waals surface area contributed by atoms with Crippen molar-refractivity contribution in [1.82, 2.24) is 0 Å². The molecule has 12 heavy (non-hydrogen) atoms. The molecule has 0 unspecified atom stereocenters. The molecule has 0 fully saturated rings. The lowest BCUT2D eigenvalue weighted by molar-refractivity contribution is -0.145. The summed E-state index contributed by atoms with van der Waals surface area (Å²) in [6.45, 7) is 10.1. The van der Waals surface area contributed by atoms with Gasteiger partial charge in [-0.05, 0) is 18.3 Å². The van der Waals surface area contributed by atoms with Gasteiger partial charge in [0.05, 0.1) is 6.61 Å². The van der Waals surface area contributed by atoms with Crippen molar-refractivity contribution in [2.75, 3.05) is 6.61 Å². The summed E-state index contributed by atoms with van der Waals surface area (Å²) in [5.74, 6) is -0.406. The van der Waals surface area contributed by atoms with Gasteiger partial charge in [-0.3, -0.25) is 4.79 Å². The number of ether oxygens (including phenoxy) is 1. The van der Waals surface area contributed by atoms with Gasteiger partial charge in [-0.25, -0.2) is 0 Å². The van der Waals surface area contributed by atoms with Crippen molar-refractivity contribution >= 4 is 5.97 Å². The van der Waals surface area contributed by atoms with Crippen molar-refractivity contribution in [2.24, 2.45) is 11.3 Å². The largest absolute Gasteiger partial charge is 0.466 e. The van der Waals surface area contributed by atoms with Crippen LogP contribution in [-0.4, -0.2) is 12.6 Å². The van der Waals surface area contributed by atoms with E-state index in [1.54, 1.807) is 6.92 Å². The van der Waals surface area contributed by atoms with Crippen molar-refractivity contribution in [1.29, 1.82) is 0 Å². The van der Waals surface area contributed by atoms with Crippen molar-refractivity contribution in [3.8, 4) is 0 Å². The average Bonchev–Trinajstić information content (AvgIpc) is 2.00. The van der Waals surface area contributed by atoms with E-state index in [2.05, 4.69) is 0 Å². The Kier molecular flexibility index (Phi) is 3.57. The molecule has 0 aromatic rings. The molecule has 2 nitrogen and oxygen atoms in total. The number of hydrogen-bond donors (Lipinski definition) is 0. The van der Waals surface area contributed by atoms with Crippen LogP contribution in [0, 0.1) is 11.3 Å². The second kappa shape index (κ2) is 4.48. The summed E-state index contributed by atoms with van der Waals surface area (Å²) in [6, 6.07) is 0. The maximum Gasteiger partial charge on any atom is 0.306 e. The highest BCUT2D eigenvalue weighted by atomic mass is 16.5. The molecule has 0 saturated carbocycles. The van der Waals surface area contributed by atoms with Crippen LogP contribution in [0.4, 0.5) is 0 Å². The van der Waals surface area contributed by atoms with Gasteiger partial charge in [-0.1, -0.05) is 27.7 Å². The van der Waals surface area contributed by atoms with Crippen LogP contribution in [0.5, 0.6) is 0 Å². The molecule has 0 rings (SSSR count). The van der Waals surface area contributed by atoms with E-state index in [4.69, 9.17) is 6.11 Å². The summed E-state index contributed by atoms with van der Waals surface area (Å²) in [4.78, 5) is 11.2. The minimum atomic E-state index is -0.764. The van der Waals surface area contributed by atoms with E-state index in [1.165, 1.54) is 0 Å². The molecular weight excluding hydrogens is 152 g/mol. The molecule has 0 aromatic heterocycles. The topological polar surface area (TPSA) is 26.3 Å². The molecule has 0 aliphatic heterocycles. The summed E-state index contributed by atoms with van der Waals surface area (Å²) in [5.41, 5.74) is -0.0286. The van der Waals surface area contributed by atoms with Crippen molar-refractivity contribution in [3.05, 3.63) is 0 Å². The summed E-state index contributed by atoms with van der Waals surface area (Å²) >= 11 is 0. The van der Waals surface area contributed by atoms with Crippen molar-refractivity contribution in [2.45, 2.75) is 41.0 Å². The first-order valence-electron chi connectivity index (χ1n) is 4.97. The van der Waals surface area contributed by atoms with Crippen LogP contribution in [0.15, 0.2) is 0 Å². The SMILES string of the molecule is [2H][C@@H](C(=O)OCC)[C@H](C)C(C)(C)C. The van der Waals surface area contributed by atoms with Gasteiger partial charge >= 0.3 is 5.97 Å². The lowest BCUT2D eigenvalue weighted by Crippen LogP contribution is -2.21. The Balaban J connectivity index is 4.25. The molecule has 0 aliphatic rings. The Bertz CT molecular complexity index is 172. The molecule has 0 amide bonds. The second-order valence-corrected chi connectivity index (χ2v) is 4.07. The Morgan fingerprint density at radius 1 is 1.58 bits per heavy atom.